The molecule has 4 nitrogen and oxygen atoms in total. The van der Waals surface area contributed by atoms with Gasteiger partial charge in [-0.1, -0.05) is 42.5 Å². The molecule has 5 heteroatoms. The second-order valence-corrected chi connectivity index (χ2v) is 6.60. The maximum atomic E-state index is 13.8. The largest absolute Gasteiger partial charge is 0.496 e. The first kappa shape index (κ1) is 20.7. The maximum Gasteiger partial charge on any atom is 0.161 e. The molecule has 152 valence electrons. The van der Waals surface area contributed by atoms with Gasteiger partial charge in [0, 0.05) is 12.1 Å². The number of nitrogens with one attached hydrogen (secondary N) is 1. The van der Waals surface area contributed by atoms with Crippen molar-refractivity contribution in [3.05, 3.63) is 89.2 Å². The highest BCUT2D eigenvalue weighted by atomic mass is 19.1. The molecule has 1 N–H and O–H groups in total. The summed E-state index contributed by atoms with van der Waals surface area (Å²) in [7, 11) is 3.29. The van der Waals surface area contributed by atoms with Gasteiger partial charge in [0.2, 0.25) is 0 Å². The second-order valence-electron chi connectivity index (χ2n) is 6.60. The van der Waals surface area contributed by atoms with E-state index in [1.165, 1.54) is 11.6 Å². The number of benzene rings is 3. The molecule has 3 aromatic rings. The molecule has 3 rings (SSSR count). The van der Waals surface area contributed by atoms with Crippen molar-refractivity contribution in [2.75, 3.05) is 20.8 Å². The molecule has 0 saturated carbocycles. The minimum absolute atomic E-state index is 0.152. The van der Waals surface area contributed by atoms with Crippen molar-refractivity contribution < 1.29 is 18.6 Å². The summed E-state index contributed by atoms with van der Waals surface area (Å²) in [6, 6.07) is 20.4. The number of hydrogen-bond donors (Lipinski definition) is 1. The van der Waals surface area contributed by atoms with Crippen LogP contribution in [-0.2, 0) is 19.6 Å². The second kappa shape index (κ2) is 10.5. The fourth-order valence-corrected chi connectivity index (χ4v) is 3.08. The lowest BCUT2D eigenvalue weighted by atomic mass is 10.1. The van der Waals surface area contributed by atoms with E-state index in [0.29, 0.717) is 23.6 Å². The zero-order chi connectivity index (χ0) is 20.5. The van der Waals surface area contributed by atoms with Gasteiger partial charge < -0.3 is 19.5 Å². The molecule has 0 unspecified atom stereocenters. The number of para-hydroxylation sites is 1. The molecule has 0 aromatic heterocycles. The number of rotatable bonds is 10. The van der Waals surface area contributed by atoms with Gasteiger partial charge in [0.05, 0.1) is 14.2 Å². The normalized spacial score (nSPS) is 10.6. The SMILES string of the molecule is COc1ccccc1CCNCc1ccc(OCc2ccccc2F)c(OC)c1. The molecule has 0 heterocycles. The molecule has 3 aromatic carbocycles. The van der Waals surface area contributed by atoms with Crippen LogP contribution in [0.2, 0.25) is 0 Å². The summed E-state index contributed by atoms with van der Waals surface area (Å²) in [6.45, 7) is 1.69. The van der Waals surface area contributed by atoms with Crippen molar-refractivity contribution in [1.82, 2.24) is 5.32 Å². The monoisotopic (exact) mass is 395 g/mol. The van der Waals surface area contributed by atoms with Crippen molar-refractivity contribution in [3.8, 4) is 17.2 Å². The first-order chi connectivity index (χ1) is 14.2. The number of methoxy groups -OCH3 is 2. The van der Waals surface area contributed by atoms with Crippen LogP contribution in [-0.4, -0.2) is 20.8 Å². The molecule has 0 atom stereocenters. The quantitative estimate of drug-likeness (QED) is 0.503. The van der Waals surface area contributed by atoms with Crippen molar-refractivity contribution in [3.63, 3.8) is 0 Å². The average Bonchev–Trinajstić information content (AvgIpc) is 2.76. The van der Waals surface area contributed by atoms with Crippen molar-refractivity contribution in [2.24, 2.45) is 0 Å². The summed E-state index contributed by atoms with van der Waals surface area (Å²) in [5.74, 6) is 1.86. The summed E-state index contributed by atoms with van der Waals surface area (Å²) in [6.07, 6.45) is 0.880. The Labute approximate surface area is 171 Å². The molecule has 0 saturated heterocycles. The Bertz CT molecular complexity index is 930. The Morgan fingerprint density at radius 2 is 1.52 bits per heavy atom. The van der Waals surface area contributed by atoms with Crippen LogP contribution < -0.4 is 19.5 Å². The van der Waals surface area contributed by atoms with Crippen molar-refractivity contribution >= 4 is 0 Å². The van der Waals surface area contributed by atoms with Crippen LogP contribution in [0.15, 0.2) is 66.7 Å². The number of halogens is 1. The van der Waals surface area contributed by atoms with E-state index in [4.69, 9.17) is 14.2 Å². The van der Waals surface area contributed by atoms with E-state index < -0.39 is 0 Å². The predicted molar refractivity (Wildman–Crippen MR) is 112 cm³/mol. The highest BCUT2D eigenvalue weighted by Crippen LogP contribution is 2.29. The third kappa shape index (κ3) is 5.72. The minimum Gasteiger partial charge on any atom is -0.496 e. The standard InChI is InChI=1S/C24H26FNO3/c1-27-22-10-6-4-7-19(22)13-14-26-16-18-11-12-23(24(15-18)28-2)29-17-20-8-3-5-9-21(20)25/h3-12,15,26H,13-14,16-17H2,1-2H3. The van der Waals surface area contributed by atoms with Crippen LogP contribution in [0.1, 0.15) is 16.7 Å². The van der Waals surface area contributed by atoms with E-state index in [-0.39, 0.29) is 12.4 Å². The number of hydrogen-bond acceptors (Lipinski definition) is 4. The molecule has 29 heavy (non-hydrogen) atoms. The van der Waals surface area contributed by atoms with Crippen molar-refractivity contribution in [2.45, 2.75) is 19.6 Å². The zero-order valence-electron chi connectivity index (χ0n) is 16.8. The van der Waals surface area contributed by atoms with Crippen molar-refractivity contribution in [1.29, 1.82) is 0 Å². The molecule has 0 spiro atoms. The van der Waals surface area contributed by atoms with E-state index in [1.54, 1.807) is 32.4 Å². The summed E-state index contributed by atoms with van der Waals surface area (Å²) in [5.41, 5.74) is 2.77. The molecule has 0 fully saturated rings. The number of ether oxygens (including phenoxy) is 3. The van der Waals surface area contributed by atoms with Crippen LogP contribution in [0.4, 0.5) is 4.39 Å². The van der Waals surface area contributed by atoms with E-state index in [2.05, 4.69) is 11.4 Å². The van der Waals surface area contributed by atoms with Gasteiger partial charge in [0.15, 0.2) is 11.5 Å². The van der Waals surface area contributed by atoms with Crippen LogP contribution in [0.5, 0.6) is 17.2 Å². The van der Waals surface area contributed by atoms with E-state index in [0.717, 1.165) is 24.3 Å². The Balaban J connectivity index is 1.54. The Hall–Kier alpha value is -3.05. The molecule has 0 aliphatic heterocycles. The van der Waals surface area contributed by atoms with Gasteiger partial charge in [-0.3, -0.25) is 0 Å². The van der Waals surface area contributed by atoms with Gasteiger partial charge in [-0.2, -0.15) is 0 Å². The third-order valence-electron chi connectivity index (χ3n) is 4.66. The predicted octanol–water partition coefficient (Wildman–Crippen LogP) is 4.75. The Kier molecular flexibility index (Phi) is 7.47. The Morgan fingerprint density at radius 1 is 0.793 bits per heavy atom. The summed E-state index contributed by atoms with van der Waals surface area (Å²) >= 11 is 0. The summed E-state index contributed by atoms with van der Waals surface area (Å²) in [5, 5.41) is 3.44. The maximum absolute atomic E-state index is 13.8. The molecule has 0 amide bonds. The lowest BCUT2D eigenvalue weighted by molar-refractivity contribution is 0.279. The van der Waals surface area contributed by atoms with Crippen LogP contribution in [0.25, 0.3) is 0 Å². The van der Waals surface area contributed by atoms with Crippen LogP contribution >= 0.6 is 0 Å². The first-order valence-electron chi connectivity index (χ1n) is 9.57. The van der Waals surface area contributed by atoms with E-state index in [9.17, 15) is 4.39 Å². The van der Waals surface area contributed by atoms with E-state index >= 15 is 0 Å². The van der Waals surface area contributed by atoms with Crippen LogP contribution in [0, 0.1) is 5.82 Å². The molecule has 0 aliphatic carbocycles. The van der Waals surface area contributed by atoms with Gasteiger partial charge in [-0.05, 0) is 48.4 Å². The lowest BCUT2D eigenvalue weighted by Crippen LogP contribution is -2.17. The molecule has 0 radical (unpaired) electrons. The Morgan fingerprint density at radius 3 is 2.28 bits per heavy atom. The van der Waals surface area contributed by atoms with Gasteiger partial charge >= 0.3 is 0 Å². The zero-order valence-corrected chi connectivity index (χ0v) is 16.8. The lowest BCUT2D eigenvalue weighted by Gasteiger charge is -2.13. The molecule has 0 aliphatic rings. The fraction of sp³-hybridized carbons (Fsp3) is 0.250. The molecular weight excluding hydrogens is 369 g/mol. The minimum atomic E-state index is -0.276. The molecular formula is C24H26FNO3. The smallest absolute Gasteiger partial charge is 0.161 e. The summed E-state index contributed by atoms with van der Waals surface area (Å²) in [4.78, 5) is 0. The first-order valence-corrected chi connectivity index (χ1v) is 9.57. The van der Waals surface area contributed by atoms with E-state index in [1.807, 2.05) is 36.4 Å². The van der Waals surface area contributed by atoms with Gasteiger partial charge in [0.25, 0.3) is 0 Å². The molecule has 0 bridgehead atoms. The third-order valence-corrected chi connectivity index (χ3v) is 4.66. The van der Waals surface area contributed by atoms with Crippen LogP contribution in [0.3, 0.4) is 0 Å². The highest BCUT2D eigenvalue weighted by Gasteiger charge is 2.08. The highest BCUT2D eigenvalue weighted by molar-refractivity contribution is 5.43. The summed E-state index contributed by atoms with van der Waals surface area (Å²) < 4.78 is 30.3. The van der Waals surface area contributed by atoms with Gasteiger partial charge in [0.1, 0.15) is 18.2 Å². The van der Waals surface area contributed by atoms with Gasteiger partial charge in [-0.15, -0.1) is 0 Å². The average molecular weight is 395 g/mol. The van der Waals surface area contributed by atoms with Gasteiger partial charge in [-0.25, -0.2) is 4.39 Å². The topological polar surface area (TPSA) is 39.7 Å². The fourth-order valence-electron chi connectivity index (χ4n) is 3.08.